The normalized spacial score (nSPS) is 12.3. The highest BCUT2D eigenvalue weighted by atomic mass is 31.2. The second-order valence-electron chi connectivity index (χ2n) is 7.15. The van der Waals surface area contributed by atoms with Crippen molar-refractivity contribution in [2.45, 2.75) is 26.5 Å². The zero-order chi connectivity index (χ0) is 24.6. The molecule has 1 unspecified atom stereocenters. The third kappa shape index (κ3) is 6.80. The Bertz CT molecular complexity index is 1140. The predicted molar refractivity (Wildman–Crippen MR) is 123 cm³/mol. The van der Waals surface area contributed by atoms with Crippen molar-refractivity contribution < 1.29 is 28.1 Å². The van der Waals surface area contributed by atoms with Crippen molar-refractivity contribution in [3.05, 3.63) is 76.5 Å². The molecule has 1 aromatic heterocycles. The van der Waals surface area contributed by atoms with E-state index in [-0.39, 0.29) is 37.2 Å². The zero-order valence-corrected chi connectivity index (χ0v) is 19.7. The Labute approximate surface area is 196 Å². The van der Waals surface area contributed by atoms with Crippen LogP contribution in [-0.4, -0.2) is 51.4 Å². The number of nitro benzene ring substituents is 1. The van der Waals surface area contributed by atoms with E-state index in [0.29, 0.717) is 5.69 Å². The summed E-state index contributed by atoms with van der Waals surface area (Å²) in [5, 5.41) is 19.1. The molecule has 34 heavy (non-hydrogen) atoms. The van der Waals surface area contributed by atoms with Crippen LogP contribution in [0.1, 0.15) is 24.2 Å². The van der Waals surface area contributed by atoms with Crippen LogP contribution in [0.25, 0.3) is 11.3 Å². The summed E-state index contributed by atoms with van der Waals surface area (Å²) in [6.45, 7) is 3.73. The summed E-state index contributed by atoms with van der Waals surface area (Å²) < 4.78 is 30.9. The van der Waals surface area contributed by atoms with Crippen molar-refractivity contribution in [1.29, 1.82) is 0 Å². The fourth-order valence-electron chi connectivity index (χ4n) is 3.19. The highest BCUT2D eigenvalue weighted by Gasteiger charge is 2.32. The largest absolute Gasteiger partial charge is 0.456 e. The molecule has 0 aliphatic heterocycles. The topological polar surface area (TPSA) is 136 Å². The Morgan fingerprint density at radius 1 is 1.09 bits per heavy atom. The monoisotopic (exact) mass is 488 g/mol. The van der Waals surface area contributed by atoms with Crippen LogP contribution in [0.3, 0.4) is 0 Å². The number of hydrogen-bond donors (Lipinski definition) is 0. The van der Waals surface area contributed by atoms with Gasteiger partial charge in [0, 0.05) is 17.7 Å². The number of benzene rings is 2. The van der Waals surface area contributed by atoms with E-state index in [1.165, 1.54) is 28.9 Å². The van der Waals surface area contributed by atoms with Gasteiger partial charge in [0.1, 0.15) is 11.8 Å². The van der Waals surface area contributed by atoms with Crippen LogP contribution in [0.4, 0.5) is 5.69 Å². The minimum Gasteiger partial charge on any atom is -0.456 e. The number of ether oxygens (including phenoxy) is 1. The minimum atomic E-state index is -3.56. The average molecular weight is 488 g/mol. The number of aromatic nitrogens is 3. The smallest absolute Gasteiger partial charge is 0.338 e. The summed E-state index contributed by atoms with van der Waals surface area (Å²) in [6, 6.07) is 14.4. The van der Waals surface area contributed by atoms with E-state index in [9.17, 15) is 19.5 Å². The Morgan fingerprint density at radius 2 is 1.74 bits per heavy atom. The van der Waals surface area contributed by atoms with E-state index in [1.54, 1.807) is 20.0 Å². The number of esters is 1. The van der Waals surface area contributed by atoms with Crippen LogP contribution in [-0.2, 0) is 24.9 Å². The molecule has 0 N–H and O–H groups in total. The number of rotatable bonds is 12. The third-order valence-electron chi connectivity index (χ3n) is 4.67. The molecular weight excluding hydrogens is 463 g/mol. The van der Waals surface area contributed by atoms with Gasteiger partial charge in [-0.3, -0.25) is 14.7 Å². The maximum Gasteiger partial charge on any atom is 0.338 e. The summed E-state index contributed by atoms with van der Waals surface area (Å²) in [5.74, 6) is -0.733. The molecule has 0 fully saturated rings. The highest BCUT2D eigenvalue weighted by Crippen LogP contribution is 2.49. The molecule has 3 rings (SSSR count). The number of hydrogen-bond acceptors (Lipinski definition) is 9. The lowest BCUT2D eigenvalue weighted by atomic mass is 10.2. The van der Waals surface area contributed by atoms with E-state index in [0.717, 1.165) is 5.56 Å². The van der Waals surface area contributed by atoms with Gasteiger partial charge < -0.3 is 13.8 Å². The summed E-state index contributed by atoms with van der Waals surface area (Å²) in [5.41, 5.74) is 1.45. The van der Waals surface area contributed by atoms with Crippen LogP contribution in [0, 0.1) is 10.1 Å². The van der Waals surface area contributed by atoms with Gasteiger partial charge in [0.05, 0.1) is 42.6 Å². The second kappa shape index (κ2) is 11.6. The summed E-state index contributed by atoms with van der Waals surface area (Å²) in [6.07, 6.45) is 0.555. The molecule has 0 amide bonds. The molecule has 1 heterocycles. The van der Waals surface area contributed by atoms with Crippen LogP contribution >= 0.6 is 7.60 Å². The van der Waals surface area contributed by atoms with Crippen molar-refractivity contribution in [2.75, 3.05) is 19.4 Å². The molecular formula is C22H25N4O7P. The third-order valence-corrected chi connectivity index (χ3v) is 6.82. The van der Waals surface area contributed by atoms with Gasteiger partial charge in [0.25, 0.3) is 5.69 Å². The van der Waals surface area contributed by atoms with Crippen molar-refractivity contribution >= 4 is 19.3 Å². The van der Waals surface area contributed by atoms with Gasteiger partial charge in [-0.15, -0.1) is 5.10 Å². The highest BCUT2D eigenvalue weighted by molar-refractivity contribution is 7.53. The molecule has 3 aromatic rings. The molecule has 1 atom stereocenters. The Morgan fingerprint density at radius 3 is 2.32 bits per heavy atom. The van der Waals surface area contributed by atoms with Crippen molar-refractivity contribution in [1.82, 2.24) is 15.0 Å². The lowest BCUT2D eigenvalue weighted by molar-refractivity contribution is -0.384. The van der Waals surface area contributed by atoms with Gasteiger partial charge in [-0.1, -0.05) is 35.5 Å². The molecule has 0 saturated heterocycles. The zero-order valence-electron chi connectivity index (χ0n) is 18.8. The van der Waals surface area contributed by atoms with E-state index in [1.807, 2.05) is 30.3 Å². The summed E-state index contributed by atoms with van der Waals surface area (Å²) in [4.78, 5) is 23.0. The van der Waals surface area contributed by atoms with Gasteiger partial charge in [0.15, 0.2) is 0 Å². The SMILES string of the molecule is CCOP(=O)(CC(Cn1cc(-c2ccccc2)nn1)OC(=O)c1ccc([N+](=O)[O-])cc1)OCC. The number of carbonyl (C=O) groups is 1. The molecule has 2 aromatic carbocycles. The minimum absolute atomic E-state index is 0.0443. The number of nitro groups is 1. The number of nitrogens with zero attached hydrogens (tertiary/aromatic N) is 4. The van der Waals surface area contributed by atoms with Gasteiger partial charge in [-0.05, 0) is 26.0 Å². The van der Waals surface area contributed by atoms with E-state index >= 15 is 0 Å². The Hall–Kier alpha value is -3.40. The molecule has 0 aliphatic rings. The molecule has 0 aliphatic carbocycles. The lowest BCUT2D eigenvalue weighted by Crippen LogP contribution is -2.28. The molecule has 12 heteroatoms. The van der Waals surface area contributed by atoms with Crippen molar-refractivity contribution in [3.8, 4) is 11.3 Å². The Kier molecular flexibility index (Phi) is 8.64. The first-order valence-corrected chi connectivity index (χ1v) is 12.4. The van der Waals surface area contributed by atoms with E-state index in [4.69, 9.17) is 13.8 Å². The molecule has 0 bridgehead atoms. The predicted octanol–water partition coefficient (Wildman–Crippen LogP) is 4.35. The summed E-state index contributed by atoms with van der Waals surface area (Å²) in [7, 11) is -3.56. The van der Waals surface area contributed by atoms with Crippen LogP contribution in [0.2, 0.25) is 0 Å². The average Bonchev–Trinajstić information content (AvgIpc) is 3.28. The first-order chi connectivity index (χ1) is 16.3. The van der Waals surface area contributed by atoms with E-state index < -0.39 is 24.6 Å². The van der Waals surface area contributed by atoms with Gasteiger partial charge >= 0.3 is 13.6 Å². The van der Waals surface area contributed by atoms with Crippen LogP contribution in [0.15, 0.2) is 60.8 Å². The standard InChI is InChI=1S/C22H25N4O7P/c1-3-31-34(30,32-4-2)16-20(33-22(27)18-10-12-19(13-11-18)26(28)29)14-25-15-21(23-24-25)17-8-6-5-7-9-17/h5-13,15,20H,3-4,14,16H2,1-2H3. The van der Waals surface area contributed by atoms with E-state index in [2.05, 4.69) is 10.3 Å². The van der Waals surface area contributed by atoms with Gasteiger partial charge in [-0.2, -0.15) is 0 Å². The van der Waals surface area contributed by atoms with Crippen molar-refractivity contribution in [2.24, 2.45) is 0 Å². The molecule has 0 saturated carbocycles. The summed E-state index contributed by atoms with van der Waals surface area (Å²) >= 11 is 0. The number of non-ortho nitro benzene ring substituents is 1. The van der Waals surface area contributed by atoms with Crippen LogP contribution in [0.5, 0.6) is 0 Å². The van der Waals surface area contributed by atoms with Gasteiger partial charge in [0.2, 0.25) is 0 Å². The Balaban J connectivity index is 1.81. The fraction of sp³-hybridized carbons (Fsp3) is 0.318. The van der Waals surface area contributed by atoms with Crippen LogP contribution < -0.4 is 0 Å². The fourth-order valence-corrected chi connectivity index (χ4v) is 4.95. The molecule has 180 valence electrons. The maximum absolute atomic E-state index is 13.1. The maximum atomic E-state index is 13.1. The number of carbonyl (C=O) groups excluding carboxylic acids is 1. The van der Waals surface area contributed by atoms with Gasteiger partial charge in [-0.25, -0.2) is 9.48 Å². The first-order valence-electron chi connectivity index (χ1n) is 10.6. The first kappa shape index (κ1) is 25.2. The lowest BCUT2D eigenvalue weighted by Gasteiger charge is -2.23. The molecule has 11 nitrogen and oxygen atoms in total. The molecule has 0 spiro atoms. The van der Waals surface area contributed by atoms with Crippen molar-refractivity contribution in [3.63, 3.8) is 0 Å². The molecule has 0 radical (unpaired) electrons. The second-order valence-corrected chi connectivity index (χ2v) is 9.26. The quantitative estimate of drug-likeness (QED) is 0.158.